The summed E-state index contributed by atoms with van der Waals surface area (Å²) in [5, 5.41) is 25.2. The number of amides is 3. The third-order valence-electron chi connectivity index (χ3n) is 4.66. The second-order valence-corrected chi connectivity index (χ2v) is 8.06. The molecule has 1 aromatic rings. The molecule has 13 nitrogen and oxygen atoms in total. The van der Waals surface area contributed by atoms with Gasteiger partial charge < -0.3 is 36.9 Å². The van der Waals surface area contributed by atoms with Crippen molar-refractivity contribution >= 4 is 42.3 Å². The van der Waals surface area contributed by atoms with Crippen molar-refractivity contribution in [3.63, 3.8) is 0 Å². The van der Waals surface area contributed by atoms with E-state index in [1.54, 1.807) is 13.8 Å². The van der Waals surface area contributed by atoms with Gasteiger partial charge in [0.1, 0.15) is 18.1 Å². The molecule has 184 valence electrons. The lowest BCUT2D eigenvalue weighted by Gasteiger charge is -2.26. The Morgan fingerprint density at radius 3 is 2.18 bits per heavy atom. The van der Waals surface area contributed by atoms with Gasteiger partial charge in [-0.1, -0.05) is 13.8 Å². The third kappa shape index (κ3) is 9.49. The topological polar surface area (TPSA) is 217 Å². The van der Waals surface area contributed by atoms with Crippen LogP contribution in [0.25, 0.3) is 0 Å². The maximum atomic E-state index is 12.9. The summed E-state index contributed by atoms with van der Waals surface area (Å²) in [6.45, 7) is 3.33. The van der Waals surface area contributed by atoms with Gasteiger partial charge in [0.2, 0.25) is 17.7 Å². The average Bonchev–Trinajstić information content (AvgIpc) is 3.25. The zero-order chi connectivity index (χ0) is 25.1. The zero-order valence-corrected chi connectivity index (χ0v) is 19.2. The van der Waals surface area contributed by atoms with E-state index < -0.39 is 59.7 Å². The highest BCUT2D eigenvalue weighted by atomic mass is 32.1. The van der Waals surface area contributed by atoms with Gasteiger partial charge in [-0.05, 0) is 12.3 Å². The number of nitrogens with two attached hydrogens (primary N) is 1. The fourth-order valence-electron chi connectivity index (χ4n) is 2.75. The summed E-state index contributed by atoms with van der Waals surface area (Å²) in [6.07, 6.45) is 2.39. The largest absolute Gasteiger partial charge is 0.481 e. The highest BCUT2D eigenvalue weighted by Gasteiger charge is 2.31. The van der Waals surface area contributed by atoms with Crippen molar-refractivity contribution in [1.82, 2.24) is 25.9 Å². The second-order valence-electron chi connectivity index (χ2n) is 7.69. The van der Waals surface area contributed by atoms with E-state index in [-0.39, 0.29) is 25.0 Å². The third-order valence-corrected chi connectivity index (χ3v) is 5.03. The van der Waals surface area contributed by atoms with Gasteiger partial charge in [0, 0.05) is 30.5 Å². The molecule has 0 spiro atoms. The number of carboxylic acid groups (broad SMARTS) is 2. The number of hydrogen-bond donors (Lipinski definition) is 8. The highest BCUT2D eigenvalue weighted by molar-refractivity contribution is 7.80. The van der Waals surface area contributed by atoms with E-state index in [0.29, 0.717) is 5.69 Å². The Balaban J connectivity index is 2.96. The Hall–Kier alpha value is -3.13. The van der Waals surface area contributed by atoms with Crippen LogP contribution >= 0.6 is 12.6 Å². The summed E-state index contributed by atoms with van der Waals surface area (Å²) in [7, 11) is 0. The minimum Gasteiger partial charge on any atom is -0.481 e. The molecule has 4 unspecified atom stereocenters. The molecule has 0 saturated carbocycles. The van der Waals surface area contributed by atoms with Crippen molar-refractivity contribution in [3.05, 3.63) is 18.2 Å². The van der Waals surface area contributed by atoms with E-state index in [9.17, 15) is 24.0 Å². The summed E-state index contributed by atoms with van der Waals surface area (Å²) in [5.74, 6) is -5.11. The first-order chi connectivity index (χ1) is 15.5. The smallest absolute Gasteiger partial charge is 0.327 e. The molecule has 14 heteroatoms. The van der Waals surface area contributed by atoms with Gasteiger partial charge in [0.15, 0.2) is 0 Å². The van der Waals surface area contributed by atoms with Crippen LogP contribution in [0.15, 0.2) is 12.5 Å². The van der Waals surface area contributed by atoms with Crippen LogP contribution in [0.2, 0.25) is 0 Å². The number of H-pyrrole nitrogens is 1. The number of imidazole rings is 1. The summed E-state index contributed by atoms with van der Waals surface area (Å²) in [4.78, 5) is 66.6. The fourth-order valence-corrected chi connectivity index (χ4v) is 3.00. The van der Waals surface area contributed by atoms with Crippen molar-refractivity contribution in [2.24, 2.45) is 11.7 Å². The number of aromatic nitrogens is 2. The number of nitrogens with one attached hydrogen (secondary N) is 4. The molecule has 8 N–H and O–H groups in total. The van der Waals surface area contributed by atoms with Crippen LogP contribution in [0.1, 0.15) is 32.4 Å². The predicted octanol–water partition coefficient (Wildman–Crippen LogP) is -1.73. The summed E-state index contributed by atoms with van der Waals surface area (Å²) < 4.78 is 0. The first-order valence-corrected chi connectivity index (χ1v) is 10.8. The van der Waals surface area contributed by atoms with Gasteiger partial charge in [-0.3, -0.25) is 19.2 Å². The van der Waals surface area contributed by atoms with E-state index >= 15 is 0 Å². The number of aromatic amines is 1. The summed E-state index contributed by atoms with van der Waals surface area (Å²) in [5.41, 5.74) is 6.22. The number of carbonyl (C=O) groups is 5. The van der Waals surface area contributed by atoms with Crippen LogP contribution in [-0.2, 0) is 30.4 Å². The molecule has 0 bridgehead atoms. The Kier molecular flexibility index (Phi) is 11.4. The Morgan fingerprint density at radius 2 is 1.70 bits per heavy atom. The van der Waals surface area contributed by atoms with Gasteiger partial charge in [-0.25, -0.2) is 9.78 Å². The van der Waals surface area contributed by atoms with Crippen LogP contribution in [0.3, 0.4) is 0 Å². The Bertz CT molecular complexity index is 833. The number of nitrogens with zero attached hydrogens (tertiary/aromatic N) is 1. The lowest BCUT2D eigenvalue weighted by Crippen LogP contribution is -2.59. The van der Waals surface area contributed by atoms with Crippen molar-refractivity contribution < 1.29 is 34.2 Å². The van der Waals surface area contributed by atoms with Crippen molar-refractivity contribution in [3.8, 4) is 0 Å². The molecule has 1 rings (SSSR count). The highest BCUT2D eigenvalue weighted by Crippen LogP contribution is 2.07. The van der Waals surface area contributed by atoms with Crippen LogP contribution in [-0.4, -0.2) is 79.8 Å². The lowest BCUT2D eigenvalue weighted by molar-refractivity contribution is -0.141. The van der Waals surface area contributed by atoms with Gasteiger partial charge in [-0.15, -0.1) is 0 Å². The van der Waals surface area contributed by atoms with Crippen LogP contribution < -0.4 is 21.7 Å². The molecule has 0 aliphatic heterocycles. The van der Waals surface area contributed by atoms with Crippen LogP contribution in [0, 0.1) is 5.92 Å². The molecule has 0 fully saturated rings. The Labute approximate surface area is 195 Å². The minimum atomic E-state index is -1.28. The van der Waals surface area contributed by atoms with Gasteiger partial charge >= 0.3 is 11.9 Å². The number of carbonyl (C=O) groups excluding carboxylic acids is 3. The molecule has 0 aromatic carbocycles. The minimum absolute atomic E-state index is 0.0205. The number of rotatable bonds is 14. The average molecular weight is 487 g/mol. The predicted molar refractivity (Wildman–Crippen MR) is 119 cm³/mol. The zero-order valence-electron chi connectivity index (χ0n) is 18.3. The molecule has 4 atom stereocenters. The van der Waals surface area contributed by atoms with E-state index in [4.69, 9.17) is 15.9 Å². The van der Waals surface area contributed by atoms with Gasteiger partial charge in [-0.2, -0.15) is 12.6 Å². The SMILES string of the molecule is CC(C)C(NC(=O)C(N)CCC(=O)O)C(=O)NC(Cc1cnc[nH]1)C(=O)NC(CS)C(=O)O. The van der Waals surface area contributed by atoms with E-state index in [1.807, 2.05) is 0 Å². The molecular weight excluding hydrogens is 456 g/mol. The van der Waals surface area contributed by atoms with Gasteiger partial charge in [0.05, 0.1) is 12.4 Å². The number of aliphatic carboxylic acids is 2. The summed E-state index contributed by atoms with van der Waals surface area (Å²) >= 11 is 3.91. The van der Waals surface area contributed by atoms with E-state index in [2.05, 4.69) is 38.5 Å². The lowest BCUT2D eigenvalue weighted by atomic mass is 10.0. The van der Waals surface area contributed by atoms with E-state index in [0.717, 1.165) is 0 Å². The molecule has 1 heterocycles. The van der Waals surface area contributed by atoms with Crippen molar-refractivity contribution in [2.75, 3.05) is 5.75 Å². The first kappa shape index (κ1) is 27.9. The maximum absolute atomic E-state index is 12.9. The second kappa shape index (κ2) is 13.4. The first-order valence-electron chi connectivity index (χ1n) is 10.2. The maximum Gasteiger partial charge on any atom is 0.327 e. The summed E-state index contributed by atoms with van der Waals surface area (Å²) in [6, 6.07) is -4.66. The quantitative estimate of drug-likeness (QED) is 0.140. The number of hydrogen-bond acceptors (Lipinski definition) is 8. The van der Waals surface area contributed by atoms with Crippen molar-refractivity contribution in [2.45, 2.75) is 57.3 Å². The Morgan fingerprint density at radius 1 is 1.06 bits per heavy atom. The molecule has 0 aliphatic carbocycles. The normalized spacial score (nSPS) is 14.6. The molecule has 33 heavy (non-hydrogen) atoms. The molecule has 1 aromatic heterocycles. The number of thiol groups is 1. The van der Waals surface area contributed by atoms with Crippen LogP contribution in [0.4, 0.5) is 0 Å². The molecule has 0 radical (unpaired) electrons. The molecule has 3 amide bonds. The standard InChI is InChI=1S/C19H30N6O7S/c1-9(2)15(25-16(28)11(20)3-4-14(26)27)18(30)23-12(5-10-6-21-8-22-10)17(29)24-13(7-33)19(31)32/h6,8-9,11-13,15,33H,3-5,7,20H2,1-2H3,(H,21,22)(H,23,30)(H,24,29)(H,25,28)(H,26,27)(H,31,32). The molecule has 0 aliphatic rings. The van der Waals surface area contributed by atoms with E-state index in [1.165, 1.54) is 12.5 Å². The fraction of sp³-hybridized carbons (Fsp3) is 0.579. The number of carboxylic acids is 2. The molecule has 0 saturated heterocycles. The van der Waals surface area contributed by atoms with Crippen LogP contribution in [0.5, 0.6) is 0 Å². The van der Waals surface area contributed by atoms with Crippen molar-refractivity contribution in [1.29, 1.82) is 0 Å². The van der Waals surface area contributed by atoms with Gasteiger partial charge in [0.25, 0.3) is 0 Å². The monoisotopic (exact) mass is 486 g/mol. The molecular formula is C19H30N6O7S.